The van der Waals surface area contributed by atoms with Crippen molar-refractivity contribution in [1.29, 1.82) is 0 Å². The van der Waals surface area contributed by atoms with E-state index in [1.54, 1.807) is 66.8 Å². The van der Waals surface area contributed by atoms with Crippen LogP contribution in [0.2, 0.25) is 0 Å². The van der Waals surface area contributed by atoms with Crippen LogP contribution in [-0.2, 0) is 46.4 Å². The quantitative estimate of drug-likeness (QED) is 0.0736. The first-order chi connectivity index (χ1) is 37.1. The third kappa shape index (κ3) is 15.1. The maximum atomic E-state index is 13.6. The van der Waals surface area contributed by atoms with Gasteiger partial charge in [-0.15, -0.1) is 10.2 Å². The number of likely N-dealkylation sites (N-methyl/N-ethyl adjacent to an activating group) is 2. The fourth-order valence-corrected chi connectivity index (χ4v) is 7.83. The van der Waals surface area contributed by atoms with Crippen LogP contribution in [0, 0.1) is 23.7 Å². The molecule has 0 aliphatic carbocycles. The van der Waals surface area contributed by atoms with Crippen LogP contribution in [0.1, 0.15) is 50.4 Å². The predicted octanol–water partition coefficient (Wildman–Crippen LogP) is 3.15. The highest BCUT2D eigenvalue weighted by Gasteiger charge is 2.37. The van der Waals surface area contributed by atoms with Crippen molar-refractivity contribution in [2.24, 2.45) is 0 Å². The number of rotatable bonds is 22. The lowest BCUT2D eigenvalue weighted by Gasteiger charge is -2.23. The molecule has 0 saturated carbocycles. The lowest BCUT2D eigenvalue weighted by atomic mass is 10.1. The van der Waals surface area contributed by atoms with Gasteiger partial charge in [0.2, 0.25) is 11.6 Å². The lowest BCUT2D eigenvalue weighted by Crippen LogP contribution is -2.53. The number of fused-ring (bicyclic) bond motifs is 2. The van der Waals surface area contributed by atoms with Gasteiger partial charge in [-0.05, 0) is 54.4 Å². The summed E-state index contributed by atoms with van der Waals surface area (Å²) < 4.78 is 43.1. The third-order valence-corrected chi connectivity index (χ3v) is 11.8. The maximum Gasteiger partial charge on any atom is 0.291 e. The van der Waals surface area contributed by atoms with Gasteiger partial charge in [-0.25, -0.2) is 19.3 Å². The minimum atomic E-state index is -0.986. The first-order valence-electron chi connectivity index (χ1n) is 24.6. The van der Waals surface area contributed by atoms with Crippen LogP contribution < -0.4 is 29.9 Å². The van der Waals surface area contributed by atoms with E-state index in [1.807, 2.05) is 60.7 Å². The largest absolute Gasteiger partial charge is 0.489 e. The number of nitrogens with zero attached hydrogens (tertiary/aromatic N) is 8. The fraction of sp³-hybridized carbons (Fsp3) is 0.345. The summed E-state index contributed by atoms with van der Waals surface area (Å²) in [4.78, 5) is 64.2. The number of aromatic nitrogens is 6. The van der Waals surface area contributed by atoms with Crippen molar-refractivity contribution >= 4 is 35.0 Å². The van der Waals surface area contributed by atoms with E-state index in [0.29, 0.717) is 99.9 Å². The summed E-state index contributed by atoms with van der Waals surface area (Å²) in [6.07, 6.45) is 2.28. The second kappa shape index (κ2) is 27.2. The first-order valence-corrected chi connectivity index (χ1v) is 24.6. The zero-order valence-corrected chi connectivity index (χ0v) is 42.4. The Morgan fingerprint density at radius 1 is 0.605 bits per heavy atom. The highest BCUT2D eigenvalue weighted by molar-refractivity contribution is 6.03. The monoisotopic (exact) mass is 1030 g/mol. The number of ether oxygens (including phenoxy) is 7. The molecular weight excluding hydrogens is 977 g/mol. The van der Waals surface area contributed by atoms with Crippen molar-refractivity contribution in [3.63, 3.8) is 0 Å². The normalized spacial score (nSPS) is 15.9. The Balaban J connectivity index is 0.641. The molecule has 8 rings (SSSR count). The number of hydrogen-bond acceptors (Lipinski definition) is 15. The van der Waals surface area contributed by atoms with Crippen molar-refractivity contribution < 1.29 is 52.3 Å². The van der Waals surface area contributed by atoms with Crippen LogP contribution in [0.4, 0.5) is 11.4 Å². The Hall–Kier alpha value is -8.44. The van der Waals surface area contributed by atoms with Crippen molar-refractivity contribution in [3.8, 4) is 35.2 Å². The lowest BCUT2D eigenvalue weighted by molar-refractivity contribution is -0.121. The Bertz CT molecular complexity index is 3050. The molecule has 0 fully saturated rings. The van der Waals surface area contributed by atoms with Crippen LogP contribution in [-0.4, -0.2) is 158 Å². The molecule has 21 heteroatoms. The van der Waals surface area contributed by atoms with Gasteiger partial charge in [0, 0.05) is 25.2 Å². The third-order valence-electron chi connectivity index (χ3n) is 11.8. The van der Waals surface area contributed by atoms with Gasteiger partial charge >= 0.3 is 0 Å². The number of hydrogen-bond donors (Lipinski definition) is 2. The van der Waals surface area contributed by atoms with Crippen LogP contribution in [0.5, 0.6) is 11.5 Å². The minimum Gasteiger partial charge on any atom is -0.489 e. The topological polar surface area (TPSA) is 225 Å². The average Bonchev–Trinajstić information content (AvgIpc) is 4.09. The molecule has 2 aliphatic heterocycles. The zero-order valence-electron chi connectivity index (χ0n) is 42.4. The van der Waals surface area contributed by atoms with E-state index in [4.69, 9.17) is 33.2 Å². The maximum absolute atomic E-state index is 13.6. The van der Waals surface area contributed by atoms with E-state index in [9.17, 15) is 19.2 Å². The standard InChI is InChI=1S/C55H58N10O11/c1-39-49(59-53(67)51-57-38-65(61-51)35-43-14-8-5-9-15-43)55(69)63(3)46-33-41(19-21-48(46)76-39)17-11-23-71-25-27-73-29-31-74-30-28-72-26-24-70-22-10-16-40-18-20-47-45(32-40)62(2)54(68)44(36-75-47)58-52(66)50-56-37-64(60-50)34-42-12-6-4-7-13-42/h4-9,12-15,18-21,32-33,37-39,44,49H,22-31,34-36H2,1-3H3,(H,58,66)(H,59,67)/t39-,44+,49+/m1/s1. The number of nitrogens with one attached hydrogen (secondary N) is 2. The van der Waals surface area contributed by atoms with Gasteiger partial charge < -0.3 is 53.6 Å². The van der Waals surface area contributed by atoms with Gasteiger partial charge in [0.25, 0.3) is 23.6 Å². The second-order valence-corrected chi connectivity index (χ2v) is 17.3. The van der Waals surface area contributed by atoms with Crippen LogP contribution in [0.25, 0.3) is 0 Å². The molecule has 76 heavy (non-hydrogen) atoms. The Morgan fingerprint density at radius 3 is 1.59 bits per heavy atom. The second-order valence-electron chi connectivity index (χ2n) is 17.3. The van der Waals surface area contributed by atoms with Crippen LogP contribution in [0.15, 0.2) is 110 Å². The smallest absolute Gasteiger partial charge is 0.291 e. The molecule has 2 aliphatic rings. The fourth-order valence-electron chi connectivity index (χ4n) is 7.83. The summed E-state index contributed by atoms with van der Waals surface area (Å²) in [6, 6.07) is 28.0. The molecule has 4 amide bonds. The zero-order chi connectivity index (χ0) is 53.1. The molecule has 6 aromatic rings. The molecule has 3 atom stereocenters. The van der Waals surface area contributed by atoms with Crippen molar-refractivity contribution in [2.75, 3.05) is 96.6 Å². The van der Waals surface area contributed by atoms with E-state index in [2.05, 4.69) is 54.5 Å². The summed E-state index contributed by atoms with van der Waals surface area (Å²) in [5.41, 5.74) is 4.39. The SMILES string of the molecule is C[C@H]1Oc2ccc(C#CCOCCOCCOCCOCCOCC#Cc3ccc4c(c3)N(C)C(=O)[C@@H](NC(=O)c3ncn(Cc5ccccc5)n3)CO4)cc2N(C)C(=O)[C@H]1NC(=O)c1ncn(Cc2ccccc2)n1. The molecule has 4 heterocycles. The first kappa shape index (κ1) is 53.8. The van der Waals surface area contributed by atoms with Crippen molar-refractivity contribution in [1.82, 2.24) is 40.2 Å². The Kier molecular flexibility index (Phi) is 19.3. The van der Waals surface area contributed by atoms with Gasteiger partial charge in [-0.3, -0.25) is 19.2 Å². The highest BCUT2D eigenvalue weighted by atomic mass is 16.6. The summed E-state index contributed by atoms with van der Waals surface area (Å²) >= 11 is 0. The molecule has 0 spiro atoms. The van der Waals surface area contributed by atoms with Gasteiger partial charge in [-0.1, -0.05) is 84.3 Å². The number of anilines is 2. The molecule has 0 bridgehead atoms. The summed E-state index contributed by atoms with van der Waals surface area (Å²) in [7, 11) is 3.24. The summed E-state index contributed by atoms with van der Waals surface area (Å²) in [6.45, 7) is 5.94. The number of carbonyl (C=O) groups is 4. The van der Waals surface area contributed by atoms with Crippen molar-refractivity contribution in [2.45, 2.75) is 38.2 Å². The molecule has 2 N–H and O–H groups in total. The van der Waals surface area contributed by atoms with Crippen molar-refractivity contribution in [3.05, 3.63) is 144 Å². The van der Waals surface area contributed by atoms with Gasteiger partial charge in [0.15, 0.2) is 0 Å². The summed E-state index contributed by atoms with van der Waals surface area (Å²) in [5, 5.41) is 14.0. The van der Waals surface area contributed by atoms with Crippen LogP contribution >= 0.6 is 0 Å². The van der Waals surface area contributed by atoms with E-state index in [1.165, 1.54) is 22.5 Å². The van der Waals surface area contributed by atoms with E-state index >= 15 is 0 Å². The number of benzene rings is 4. The number of carbonyl (C=O) groups excluding carboxylic acids is 4. The molecule has 0 unspecified atom stereocenters. The molecule has 21 nitrogen and oxygen atoms in total. The molecule has 394 valence electrons. The Morgan fingerprint density at radius 2 is 1.07 bits per heavy atom. The summed E-state index contributed by atoms with van der Waals surface area (Å²) in [5.74, 6) is 11.1. The van der Waals surface area contributed by atoms with Gasteiger partial charge in [-0.2, -0.15) is 0 Å². The molecule has 4 aromatic carbocycles. The molecule has 0 saturated heterocycles. The van der Waals surface area contributed by atoms with Crippen LogP contribution in [0.3, 0.4) is 0 Å². The number of amides is 4. The molecule has 2 aromatic heterocycles. The van der Waals surface area contributed by atoms with E-state index in [-0.39, 0.29) is 43.3 Å². The molecular formula is C55H58N10O11. The predicted molar refractivity (Wildman–Crippen MR) is 277 cm³/mol. The highest BCUT2D eigenvalue weighted by Crippen LogP contribution is 2.34. The van der Waals surface area contributed by atoms with Gasteiger partial charge in [0.1, 0.15) is 62.2 Å². The molecule has 0 radical (unpaired) electrons. The van der Waals surface area contributed by atoms with E-state index < -0.39 is 30.0 Å². The van der Waals surface area contributed by atoms with Gasteiger partial charge in [0.05, 0.1) is 77.3 Å². The minimum absolute atomic E-state index is 0.0455. The average molecular weight is 1040 g/mol. The Labute approximate surface area is 439 Å². The van der Waals surface area contributed by atoms with E-state index in [0.717, 1.165) is 11.1 Å².